The number of benzene rings is 2. The van der Waals surface area contributed by atoms with Gasteiger partial charge in [0.15, 0.2) is 5.96 Å². The van der Waals surface area contributed by atoms with E-state index in [1.165, 1.54) is 5.56 Å². The maximum Gasteiger partial charge on any atom is 0.191 e. The lowest BCUT2D eigenvalue weighted by molar-refractivity contribution is 0.792. The molecule has 0 spiro atoms. The van der Waals surface area contributed by atoms with Crippen molar-refractivity contribution in [1.82, 2.24) is 20.6 Å². The van der Waals surface area contributed by atoms with Gasteiger partial charge in [0.1, 0.15) is 5.82 Å². The molecule has 0 aliphatic carbocycles. The van der Waals surface area contributed by atoms with Crippen LogP contribution in [0.4, 0.5) is 0 Å². The Morgan fingerprint density at radius 1 is 1.12 bits per heavy atom. The number of para-hydroxylation sites is 2. The number of nitrogens with one attached hydrogen (secondary N) is 3. The summed E-state index contributed by atoms with van der Waals surface area (Å²) in [6.45, 7) is 4.37. The largest absolute Gasteiger partial charge is 0.357 e. The second-order valence-electron chi connectivity index (χ2n) is 6.02. The second-order valence-corrected chi connectivity index (χ2v) is 6.45. The molecule has 5 nitrogen and oxygen atoms in total. The van der Waals surface area contributed by atoms with E-state index in [0.29, 0.717) is 6.54 Å². The lowest BCUT2D eigenvalue weighted by atomic mass is 10.1. The number of aromatic nitrogens is 2. The minimum Gasteiger partial charge on any atom is -0.357 e. The van der Waals surface area contributed by atoms with Gasteiger partial charge in [-0.1, -0.05) is 35.9 Å². The minimum atomic E-state index is 0.673. The Bertz CT molecular complexity index is 838. The number of nitrogens with zero attached hydrogens (tertiary/aromatic N) is 2. The number of guanidine groups is 1. The van der Waals surface area contributed by atoms with Crippen molar-refractivity contribution in [2.24, 2.45) is 4.99 Å². The molecule has 3 rings (SSSR count). The van der Waals surface area contributed by atoms with Gasteiger partial charge in [0, 0.05) is 31.1 Å². The lowest BCUT2D eigenvalue weighted by Gasteiger charge is -2.11. The molecule has 2 aromatic carbocycles. The maximum absolute atomic E-state index is 6.03. The van der Waals surface area contributed by atoms with E-state index < -0.39 is 0 Å². The number of hydrogen-bond acceptors (Lipinski definition) is 2. The topological polar surface area (TPSA) is 65.1 Å². The summed E-state index contributed by atoms with van der Waals surface area (Å²) in [6, 6.07) is 16.0. The Hall–Kier alpha value is -2.53. The average Bonchev–Trinajstić information content (AvgIpc) is 3.04. The molecule has 6 heteroatoms. The van der Waals surface area contributed by atoms with Gasteiger partial charge in [-0.2, -0.15) is 0 Å². The molecule has 136 valence electrons. The van der Waals surface area contributed by atoms with Gasteiger partial charge in [-0.3, -0.25) is 4.99 Å². The third-order valence-corrected chi connectivity index (χ3v) is 4.23. The molecule has 0 fully saturated rings. The number of imidazole rings is 1. The van der Waals surface area contributed by atoms with E-state index in [1.54, 1.807) is 0 Å². The summed E-state index contributed by atoms with van der Waals surface area (Å²) in [4.78, 5) is 12.6. The van der Waals surface area contributed by atoms with Crippen LogP contribution in [0.15, 0.2) is 53.5 Å². The van der Waals surface area contributed by atoms with Gasteiger partial charge in [0.2, 0.25) is 0 Å². The summed E-state index contributed by atoms with van der Waals surface area (Å²) < 4.78 is 0. The molecule has 1 heterocycles. The molecular weight excluding hydrogens is 346 g/mol. The van der Waals surface area contributed by atoms with Crippen molar-refractivity contribution in [3.8, 4) is 0 Å². The Morgan fingerprint density at radius 2 is 2.00 bits per heavy atom. The first-order valence-corrected chi connectivity index (χ1v) is 9.32. The molecule has 0 bridgehead atoms. The quantitative estimate of drug-likeness (QED) is 0.440. The molecule has 26 heavy (non-hydrogen) atoms. The van der Waals surface area contributed by atoms with Crippen LogP contribution in [0.25, 0.3) is 11.0 Å². The van der Waals surface area contributed by atoms with E-state index in [9.17, 15) is 0 Å². The summed E-state index contributed by atoms with van der Waals surface area (Å²) in [5.41, 5.74) is 3.28. The van der Waals surface area contributed by atoms with Crippen molar-refractivity contribution >= 4 is 28.6 Å². The summed E-state index contributed by atoms with van der Waals surface area (Å²) in [5, 5.41) is 7.41. The first-order valence-electron chi connectivity index (χ1n) is 8.95. The molecular formula is C20H24ClN5. The first-order chi connectivity index (χ1) is 12.7. The van der Waals surface area contributed by atoms with Crippen molar-refractivity contribution in [2.75, 3.05) is 19.6 Å². The van der Waals surface area contributed by atoms with Gasteiger partial charge in [-0.15, -0.1) is 0 Å². The van der Waals surface area contributed by atoms with Gasteiger partial charge in [-0.05, 0) is 43.2 Å². The molecule has 0 atom stereocenters. The molecule has 0 unspecified atom stereocenters. The van der Waals surface area contributed by atoms with Crippen molar-refractivity contribution in [3.63, 3.8) is 0 Å². The van der Waals surface area contributed by atoms with Crippen LogP contribution in [0.2, 0.25) is 5.02 Å². The Labute approximate surface area is 158 Å². The van der Waals surface area contributed by atoms with E-state index in [-0.39, 0.29) is 0 Å². The number of hydrogen-bond donors (Lipinski definition) is 3. The van der Waals surface area contributed by atoms with Crippen LogP contribution < -0.4 is 10.6 Å². The summed E-state index contributed by atoms with van der Waals surface area (Å²) in [6.07, 6.45) is 1.67. The van der Waals surface area contributed by atoms with Crippen LogP contribution in [0.5, 0.6) is 0 Å². The van der Waals surface area contributed by atoms with Crippen LogP contribution in [-0.2, 0) is 12.8 Å². The van der Waals surface area contributed by atoms with Gasteiger partial charge < -0.3 is 15.6 Å². The lowest BCUT2D eigenvalue weighted by Crippen LogP contribution is -2.38. The van der Waals surface area contributed by atoms with Gasteiger partial charge in [0.25, 0.3) is 0 Å². The molecule has 0 aliphatic heterocycles. The van der Waals surface area contributed by atoms with Gasteiger partial charge in [-0.25, -0.2) is 4.98 Å². The van der Waals surface area contributed by atoms with Crippen molar-refractivity contribution in [1.29, 1.82) is 0 Å². The zero-order valence-electron chi connectivity index (χ0n) is 14.9. The number of halogens is 1. The second kappa shape index (κ2) is 9.25. The fourth-order valence-corrected chi connectivity index (χ4v) is 2.97. The van der Waals surface area contributed by atoms with E-state index in [2.05, 4.69) is 38.6 Å². The normalized spacial score (nSPS) is 11.7. The van der Waals surface area contributed by atoms with Crippen LogP contribution in [0, 0.1) is 0 Å². The fraction of sp³-hybridized carbons (Fsp3) is 0.300. The molecule has 1 aromatic heterocycles. The highest BCUT2D eigenvalue weighted by Crippen LogP contribution is 2.11. The van der Waals surface area contributed by atoms with Crippen LogP contribution in [-0.4, -0.2) is 35.6 Å². The van der Waals surface area contributed by atoms with Crippen LogP contribution in [0.3, 0.4) is 0 Å². The highest BCUT2D eigenvalue weighted by Gasteiger charge is 2.02. The molecule has 0 aliphatic rings. The number of aromatic amines is 1. The highest BCUT2D eigenvalue weighted by atomic mass is 35.5. The minimum absolute atomic E-state index is 0.673. The third kappa shape index (κ3) is 5.23. The van der Waals surface area contributed by atoms with Crippen LogP contribution >= 0.6 is 11.6 Å². The Kier molecular flexibility index (Phi) is 6.50. The Balaban J connectivity index is 1.51. The van der Waals surface area contributed by atoms with Crippen molar-refractivity contribution in [2.45, 2.75) is 19.8 Å². The number of H-pyrrole nitrogens is 1. The molecule has 3 aromatic rings. The van der Waals surface area contributed by atoms with E-state index in [0.717, 1.165) is 53.8 Å². The van der Waals surface area contributed by atoms with Gasteiger partial charge in [0.05, 0.1) is 11.0 Å². The smallest absolute Gasteiger partial charge is 0.191 e. The molecule has 0 radical (unpaired) electrons. The van der Waals surface area contributed by atoms with E-state index in [1.807, 2.05) is 42.5 Å². The van der Waals surface area contributed by atoms with Crippen molar-refractivity contribution in [3.05, 3.63) is 64.9 Å². The molecule has 0 amide bonds. The first kappa shape index (κ1) is 18.3. The van der Waals surface area contributed by atoms with E-state index in [4.69, 9.17) is 11.6 Å². The SMILES string of the molecule is CCNC(=NCCc1nc2ccccc2[nH]1)NCCc1cccc(Cl)c1. The predicted octanol–water partition coefficient (Wildman–Crippen LogP) is 3.56. The zero-order chi connectivity index (χ0) is 18.2. The molecule has 0 saturated heterocycles. The maximum atomic E-state index is 6.03. The highest BCUT2D eigenvalue weighted by molar-refractivity contribution is 6.30. The zero-order valence-corrected chi connectivity index (χ0v) is 15.7. The third-order valence-electron chi connectivity index (χ3n) is 4.00. The van der Waals surface area contributed by atoms with Crippen LogP contribution in [0.1, 0.15) is 18.3 Å². The van der Waals surface area contributed by atoms with Gasteiger partial charge >= 0.3 is 0 Å². The predicted molar refractivity (Wildman–Crippen MR) is 109 cm³/mol. The Morgan fingerprint density at radius 3 is 2.81 bits per heavy atom. The standard InChI is InChI=1S/C20H24ClN5/c1-2-22-20(23-12-10-15-6-5-7-16(21)14-15)24-13-11-19-25-17-8-3-4-9-18(17)26-19/h3-9,14H,2,10-13H2,1H3,(H,25,26)(H2,22,23,24). The van der Waals surface area contributed by atoms with E-state index >= 15 is 0 Å². The molecule has 0 saturated carbocycles. The monoisotopic (exact) mass is 369 g/mol. The average molecular weight is 370 g/mol. The summed E-state index contributed by atoms with van der Waals surface area (Å²) in [5.74, 6) is 1.79. The number of rotatable bonds is 7. The summed E-state index contributed by atoms with van der Waals surface area (Å²) in [7, 11) is 0. The van der Waals surface area contributed by atoms with Crippen molar-refractivity contribution < 1.29 is 0 Å². The fourth-order valence-electron chi connectivity index (χ4n) is 2.76. The number of aliphatic imine (C=N–C) groups is 1. The summed E-state index contributed by atoms with van der Waals surface area (Å²) >= 11 is 6.03. The number of fused-ring (bicyclic) bond motifs is 1. The molecule has 3 N–H and O–H groups in total.